The highest BCUT2D eigenvalue weighted by Gasteiger charge is 2.21. The van der Waals surface area contributed by atoms with Crippen molar-refractivity contribution in [2.75, 3.05) is 11.9 Å². The van der Waals surface area contributed by atoms with E-state index in [-0.39, 0.29) is 18.5 Å². The van der Waals surface area contributed by atoms with E-state index in [9.17, 15) is 14.7 Å². The van der Waals surface area contributed by atoms with Gasteiger partial charge in [0.25, 0.3) is 0 Å². The van der Waals surface area contributed by atoms with Gasteiger partial charge in [-0.05, 0) is 18.2 Å². The van der Waals surface area contributed by atoms with E-state index in [1.807, 2.05) is 42.5 Å². The van der Waals surface area contributed by atoms with Crippen LogP contribution < -0.4 is 15.7 Å². The molecule has 0 unspecified atom stereocenters. The van der Waals surface area contributed by atoms with Crippen LogP contribution in [0.3, 0.4) is 0 Å². The fourth-order valence-electron chi connectivity index (χ4n) is 2.41. The Balaban J connectivity index is 2.47. The molecule has 120 valence electrons. The number of carboxylic acid groups (broad SMARTS) is 1. The molecule has 2 rings (SSSR count). The van der Waals surface area contributed by atoms with Gasteiger partial charge in [0.1, 0.15) is 12.6 Å². The third-order valence-electron chi connectivity index (χ3n) is 3.34. The molecule has 0 aliphatic heterocycles. The van der Waals surface area contributed by atoms with Crippen LogP contribution >= 0.6 is 15.9 Å². The van der Waals surface area contributed by atoms with E-state index in [1.54, 1.807) is 11.4 Å². The van der Waals surface area contributed by atoms with Crippen molar-refractivity contribution in [3.05, 3.63) is 64.1 Å². The summed E-state index contributed by atoms with van der Waals surface area (Å²) in [5, 5.41) is 15.3. The molecule has 0 bridgehead atoms. The predicted molar refractivity (Wildman–Crippen MR) is 88.5 cm³/mol. The number of benzene rings is 2. The van der Waals surface area contributed by atoms with Gasteiger partial charge in [-0.25, -0.2) is 0 Å². The second-order valence-corrected chi connectivity index (χ2v) is 6.03. The van der Waals surface area contributed by atoms with Gasteiger partial charge in [0, 0.05) is 22.5 Å². The lowest BCUT2D eigenvalue weighted by molar-refractivity contribution is -0.682. The first kappa shape index (κ1) is 17.2. The molecule has 0 aromatic heterocycles. The maximum absolute atomic E-state index is 11.4. The van der Waals surface area contributed by atoms with Crippen LogP contribution in [-0.4, -0.2) is 18.4 Å². The Hall–Kier alpha value is -2.18. The van der Waals surface area contributed by atoms with Crippen LogP contribution in [0.25, 0.3) is 0 Å². The summed E-state index contributed by atoms with van der Waals surface area (Å²) in [6.45, 7) is 1.26. The molecule has 2 aromatic rings. The van der Waals surface area contributed by atoms with Crippen molar-refractivity contribution >= 4 is 33.5 Å². The van der Waals surface area contributed by atoms with Crippen LogP contribution in [0.15, 0.2) is 53.0 Å². The number of carboxylic acids is 1. The number of anilines is 1. The summed E-state index contributed by atoms with van der Waals surface area (Å²) in [5.41, 5.74) is 2.42. The summed E-state index contributed by atoms with van der Waals surface area (Å²) < 4.78 is 0.851. The number of nitrogens with two attached hydrogens (primary N) is 1. The largest absolute Gasteiger partial charge is 0.544 e. The number of aliphatic carboxylic acids is 1. The third kappa shape index (κ3) is 4.91. The Bertz CT molecular complexity index is 704. The number of halogens is 1. The zero-order valence-corrected chi connectivity index (χ0v) is 14.2. The first-order valence-corrected chi connectivity index (χ1v) is 7.92. The number of nitrogens with one attached hydrogen (secondary N) is 1. The molecule has 2 aromatic carbocycles. The van der Waals surface area contributed by atoms with E-state index in [0.717, 1.165) is 15.6 Å². The summed E-state index contributed by atoms with van der Waals surface area (Å²) in [5.74, 6) is -1.32. The maximum atomic E-state index is 11.4. The summed E-state index contributed by atoms with van der Waals surface area (Å²) in [6, 6.07) is 14.8. The predicted octanol–water partition coefficient (Wildman–Crippen LogP) is 0.810. The smallest absolute Gasteiger partial charge is 0.221 e. The Labute approximate surface area is 142 Å². The number of hydrogen-bond acceptors (Lipinski definition) is 3. The van der Waals surface area contributed by atoms with Crippen molar-refractivity contribution in [3.63, 3.8) is 0 Å². The van der Waals surface area contributed by atoms with Gasteiger partial charge in [-0.2, -0.15) is 0 Å². The molecule has 0 radical (unpaired) electrons. The van der Waals surface area contributed by atoms with Gasteiger partial charge in [-0.1, -0.05) is 46.3 Å². The Morgan fingerprint density at radius 3 is 2.52 bits per heavy atom. The van der Waals surface area contributed by atoms with E-state index in [4.69, 9.17) is 0 Å². The van der Waals surface area contributed by atoms with Crippen molar-refractivity contribution in [2.45, 2.75) is 13.0 Å². The van der Waals surface area contributed by atoms with Crippen molar-refractivity contribution < 1.29 is 20.0 Å². The molecule has 0 aliphatic carbocycles. The second kappa shape index (κ2) is 7.89. The molecule has 0 spiro atoms. The number of hydrogen-bond donors (Lipinski definition) is 2. The summed E-state index contributed by atoms with van der Waals surface area (Å²) in [7, 11) is 0. The molecule has 0 heterocycles. The minimum absolute atomic E-state index is 0.175. The molecule has 0 fully saturated rings. The molecule has 6 heteroatoms. The van der Waals surface area contributed by atoms with E-state index < -0.39 is 5.97 Å². The molecule has 0 saturated carbocycles. The molecule has 1 atom stereocenters. The lowest BCUT2D eigenvalue weighted by Crippen LogP contribution is -2.88. The van der Waals surface area contributed by atoms with Crippen molar-refractivity contribution in [3.8, 4) is 0 Å². The van der Waals surface area contributed by atoms with E-state index in [1.165, 1.54) is 6.92 Å². The second-order valence-electron chi connectivity index (χ2n) is 5.11. The fraction of sp³-hybridized carbons (Fsp3) is 0.176. The summed E-state index contributed by atoms with van der Waals surface area (Å²) in [4.78, 5) is 22.3. The summed E-state index contributed by atoms with van der Waals surface area (Å²) in [6.07, 6.45) is 0. The fourth-order valence-corrected chi connectivity index (χ4v) is 2.79. The van der Waals surface area contributed by atoms with E-state index >= 15 is 0 Å². The van der Waals surface area contributed by atoms with Gasteiger partial charge in [0.15, 0.2) is 0 Å². The molecule has 1 amide bonds. The average Bonchev–Trinajstić information content (AvgIpc) is 2.50. The lowest BCUT2D eigenvalue weighted by Gasteiger charge is -2.20. The maximum Gasteiger partial charge on any atom is 0.221 e. The van der Waals surface area contributed by atoms with Gasteiger partial charge in [-0.15, -0.1) is 0 Å². The van der Waals surface area contributed by atoms with Crippen LogP contribution in [0, 0.1) is 0 Å². The van der Waals surface area contributed by atoms with Gasteiger partial charge in [-0.3, -0.25) is 4.79 Å². The minimum atomic E-state index is -1.14. The van der Waals surface area contributed by atoms with E-state index in [0.29, 0.717) is 5.69 Å². The van der Waals surface area contributed by atoms with Crippen molar-refractivity contribution in [1.82, 2.24) is 0 Å². The molecule has 0 saturated heterocycles. The normalized spacial score (nSPS) is 11.7. The third-order valence-corrected chi connectivity index (χ3v) is 3.83. The zero-order chi connectivity index (χ0) is 16.8. The number of amides is 1. The number of carbonyl (C=O) groups is 2. The van der Waals surface area contributed by atoms with Gasteiger partial charge in [0.05, 0.1) is 11.7 Å². The quantitative estimate of drug-likeness (QED) is 0.781. The molecule has 0 aliphatic rings. The lowest BCUT2D eigenvalue weighted by atomic mass is 9.97. The van der Waals surface area contributed by atoms with Crippen LogP contribution in [-0.2, 0) is 9.59 Å². The molecule has 5 nitrogen and oxygen atoms in total. The van der Waals surface area contributed by atoms with Crippen LogP contribution in [0.5, 0.6) is 0 Å². The highest BCUT2D eigenvalue weighted by molar-refractivity contribution is 9.10. The van der Waals surface area contributed by atoms with Crippen molar-refractivity contribution in [2.24, 2.45) is 0 Å². The van der Waals surface area contributed by atoms with Crippen molar-refractivity contribution in [1.29, 1.82) is 0 Å². The Morgan fingerprint density at radius 1 is 1.22 bits per heavy atom. The van der Waals surface area contributed by atoms with Crippen LogP contribution in [0.4, 0.5) is 5.69 Å². The highest BCUT2D eigenvalue weighted by atomic mass is 79.9. The zero-order valence-electron chi connectivity index (χ0n) is 12.6. The molecular weight excluding hydrogens is 360 g/mol. The van der Waals surface area contributed by atoms with Gasteiger partial charge < -0.3 is 20.5 Å². The topological polar surface area (TPSA) is 85.8 Å². The monoisotopic (exact) mass is 376 g/mol. The van der Waals surface area contributed by atoms with Gasteiger partial charge >= 0.3 is 0 Å². The standard InChI is InChI=1S/C17H17BrN2O3/c1-11(21)20-15-8-7-13(18)9-14(15)17(19-10-16(22)23)12-5-3-2-4-6-12/h2-9,17,19H,10H2,1H3,(H,20,21)(H,22,23)/t17-/m1/s1. The van der Waals surface area contributed by atoms with Gasteiger partial charge in [0.2, 0.25) is 5.91 Å². The Kier molecular flexibility index (Phi) is 5.90. The number of quaternary nitrogens is 1. The minimum Gasteiger partial charge on any atom is -0.544 e. The summed E-state index contributed by atoms with van der Waals surface area (Å²) >= 11 is 3.43. The molecule has 3 N–H and O–H groups in total. The number of carbonyl (C=O) groups excluding carboxylic acids is 2. The first-order chi connectivity index (χ1) is 11.0. The molecular formula is C17H17BrN2O3. The van der Waals surface area contributed by atoms with E-state index in [2.05, 4.69) is 21.2 Å². The van der Waals surface area contributed by atoms with Crippen LogP contribution in [0.2, 0.25) is 0 Å². The molecule has 23 heavy (non-hydrogen) atoms. The highest BCUT2D eigenvalue weighted by Crippen LogP contribution is 2.29. The average molecular weight is 377 g/mol. The first-order valence-electron chi connectivity index (χ1n) is 7.12. The number of rotatable bonds is 6. The van der Waals surface area contributed by atoms with Crippen LogP contribution in [0.1, 0.15) is 24.1 Å². The SMILES string of the molecule is CC(=O)Nc1ccc(Br)cc1[C@H]([NH2+]CC(=O)[O-])c1ccccc1. The Morgan fingerprint density at radius 2 is 1.91 bits per heavy atom.